The Hall–Kier alpha value is -1.56. The Morgan fingerprint density at radius 2 is 1.95 bits per heavy atom. The van der Waals surface area contributed by atoms with Crippen molar-refractivity contribution in [3.8, 4) is 0 Å². The van der Waals surface area contributed by atoms with Gasteiger partial charge in [0.05, 0.1) is 11.3 Å². The summed E-state index contributed by atoms with van der Waals surface area (Å²) in [7, 11) is -3.41. The highest BCUT2D eigenvalue weighted by molar-refractivity contribution is 7.92. The lowest BCUT2D eigenvalue weighted by Crippen LogP contribution is -2.17. The molecule has 0 radical (unpaired) electrons. The van der Waals surface area contributed by atoms with E-state index in [4.69, 9.17) is 5.11 Å². The van der Waals surface area contributed by atoms with E-state index in [0.29, 0.717) is 17.7 Å². The fourth-order valence-corrected chi connectivity index (χ4v) is 2.95. The van der Waals surface area contributed by atoms with E-state index in [2.05, 4.69) is 4.72 Å². The first kappa shape index (κ1) is 15.5. The first-order valence-corrected chi connectivity index (χ1v) is 7.77. The van der Waals surface area contributed by atoms with Crippen molar-refractivity contribution in [2.75, 3.05) is 10.5 Å². The van der Waals surface area contributed by atoms with Crippen molar-refractivity contribution in [2.24, 2.45) is 0 Å². The van der Waals surface area contributed by atoms with E-state index in [1.807, 2.05) is 6.92 Å². The summed E-state index contributed by atoms with van der Waals surface area (Å²) in [6, 6.07) is 3.00. The number of rotatable bonds is 6. The highest BCUT2D eigenvalue weighted by Gasteiger charge is 2.14. The lowest BCUT2D eigenvalue weighted by Gasteiger charge is -2.11. The average molecular weight is 285 g/mol. The highest BCUT2D eigenvalue weighted by atomic mass is 32.2. The summed E-state index contributed by atoms with van der Waals surface area (Å²) in [6.07, 6.45) is 1.36. The van der Waals surface area contributed by atoms with Gasteiger partial charge in [-0.25, -0.2) is 13.2 Å². The number of aromatic carboxylic acids is 1. The number of benzene rings is 1. The monoisotopic (exact) mass is 285 g/mol. The van der Waals surface area contributed by atoms with Gasteiger partial charge < -0.3 is 5.11 Å². The summed E-state index contributed by atoms with van der Waals surface area (Å²) >= 11 is 0. The van der Waals surface area contributed by atoms with Crippen molar-refractivity contribution in [3.63, 3.8) is 0 Å². The third-order valence-corrected chi connectivity index (χ3v) is 4.31. The molecule has 0 aliphatic heterocycles. The number of sulfonamides is 1. The molecule has 6 heteroatoms. The van der Waals surface area contributed by atoms with Crippen molar-refractivity contribution in [1.29, 1.82) is 0 Å². The van der Waals surface area contributed by atoms with E-state index in [9.17, 15) is 13.2 Å². The van der Waals surface area contributed by atoms with Crippen LogP contribution in [0.1, 0.15) is 41.3 Å². The van der Waals surface area contributed by atoms with E-state index in [0.717, 1.165) is 12.0 Å². The molecule has 1 aromatic rings. The van der Waals surface area contributed by atoms with Gasteiger partial charge in [-0.3, -0.25) is 4.72 Å². The molecule has 106 valence electrons. The largest absolute Gasteiger partial charge is 0.478 e. The molecule has 0 saturated carbocycles. The lowest BCUT2D eigenvalue weighted by molar-refractivity contribution is 0.0696. The molecule has 0 amide bonds. The Labute approximate surface area is 113 Å². The van der Waals surface area contributed by atoms with E-state index in [-0.39, 0.29) is 11.3 Å². The molecule has 0 aromatic heterocycles. The molecule has 0 fully saturated rings. The Balaban J connectivity index is 3.06. The number of carboxylic acids is 1. The standard InChI is InChI=1S/C13H19NO4S/c1-4-5-6-19(17,18)14-11-7-9(2)10(3)12(8-11)13(15)16/h7-8,14H,4-6H2,1-3H3,(H,15,16). The zero-order valence-electron chi connectivity index (χ0n) is 11.4. The maximum Gasteiger partial charge on any atom is 0.336 e. The molecule has 0 aliphatic rings. The van der Waals surface area contributed by atoms with Crippen LogP contribution in [0.25, 0.3) is 0 Å². The number of nitrogens with one attached hydrogen (secondary N) is 1. The Bertz CT molecular complexity index is 579. The summed E-state index contributed by atoms with van der Waals surface area (Å²) in [5.74, 6) is -1.02. The SMILES string of the molecule is CCCCS(=O)(=O)Nc1cc(C)c(C)c(C(=O)O)c1. The van der Waals surface area contributed by atoms with Gasteiger partial charge in [-0.05, 0) is 43.5 Å². The molecule has 2 N–H and O–H groups in total. The Morgan fingerprint density at radius 1 is 1.32 bits per heavy atom. The number of hydrogen-bond donors (Lipinski definition) is 2. The van der Waals surface area contributed by atoms with Crippen molar-refractivity contribution < 1.29 is 18.3 Å². The van der Waals surface area contributed by atoms with Gasteiger partial charge in [0, 0.05) is 5.69 Å². The summed E-state index contributed by atoms with van der Waals surface area (Å²) in [5.41, 5.74) is 1.81. The van der Waals surface area contributed by atoms with Crippen LogP contribution in [-0.2, 0) is 10.0 Å². The van der Waals surface area contributed by atoms with Gasteiger partial charge in [0.15, 0.2) is 0 Å². The first-order valence-electron chi connectivity index (χ1n) is 6.12. The third kappa shape index (κ3) is 4.24. The van der Waals surface area contributed by atoms with Gasteiger partial charge in [-0.15, -0.1) is 0 Å². The summed E-state index contributed by atoms with van der Waals surface area (Å²) in [6.45, 7) is 5.37. The fourth-order valence-electron chi connectivity index (χ4n) is 1.71. The Kier molecular flexibility index (Phi) is 4.94. The molecule has 0 heterocycles. The minimum atomic E-state index is -3.41. The van der Waals surface area contributed by atoms with Crippen LogP contribution in [0.4, 0.5) is 5.69 Å². The molecule has 0 atom stereocenters. The second kappa shape index (κ2) is 6.06. The number of hydrogen-bond acceptors (Lipinski definition) is 3. The van der Waals surface area contributed by atoms with E-state index < -0.39 is 16.0 Å². The smallest absolute Gasteiger partial charge is 0.336 e. The summed E-state index contributed by atoms with van der Waals surface area (Å²) in [5, 5.41) is 9.08. The molecular formula is C13H19NO4S. The first-order chi connectivity index (χ1) is 8.76. The van der Waals surface area contributed by atoms with E-state index in [1.54, 1.807) is 19.9 Å². The van der Waals surface area contributed by atoms with Crippen LogP contribution in [0.3, 0.4) is 0 Å². The second-order valence-electron chi connectivity index (χ2n) is 4.55. The van der Waals surface area contributed by atoms with Crippen molar-refractivity contribution >= 4 is 21.7 Å². The van der Waals surface area contributed by atoms with Crippen molar-refractivity contribution in [3.05, 3.63) is 28.8 Å². The number of carboxylic acid groups (broad SMARTS) is 1. The van der Waals surface area contributed by atoms with Crippen LogP contribution < -0.4 is 4.72 Å². The van der Waals surface area contributed by atoms with Crippen LogP contribution in [-0.4, -0.2) is 25.2 Å². The van der Waals surface area contributed by atoms with Crippen LogP contribution in [0.15, 0.2) is 12.1 Å². The quantitative estimate of drug-likeness (QED) is 0.841. The number of aryl methyl sites for hydroxylation is 1. The number of anilines is 1. The summed E-state index contributed by atoms with van der Waals surface area (Å²) < 4.78 is 26.0. The highest BCUT2D eigenvalue weighted by Crippen LogP contribution is 2.21. The van der Waals surface area contributed by atoms with Gasteiger partial charge in [0.2, 0.25) is 10.0 Å². The minimum absolute atomic E-state index is 0.0405. The predicted molar refractivity (Wildman–Crippen MR) is 75.2 cm³/mol. The fraction of sp³-hybridized carbons (Fsp3) is 0.462. The minimum Gasteiger partial charge on any atom is -0.478 e. The van der Waals surface area contributed by atoms with Crippen LogP contribution >= 0.6 is 0 Å². The second-order valence-corrected chi connectivity index (χ2v) is 6.39. The molecule has 0 unspecified atom stereocenters. The van der Waals surface area contributed by atoms with Gasteiger partial charge in [0.1, 0.15) is 0 Å². The van der Waals surface area contributed by atoms with Crippen LogP contribution in [0.2, 0.25) is 0 Å². The third-order valence-electron chi connectivity index (χ3n) is 2.94. The Morgan fingerprint density at radius 3 is 2.47 bits per heavy atom. The van der Waals surface area contributed by atoms with Gasteiger partial charge in [0.25, 0.3) is 0 Å². The number of carbonyl (C=O) groups is 1. The number of unbranched alkanes of at least 4 members (excludes halogenated alkanes) is 1. The average Bonchev–Trinajstić information content (AvgIpc) is 2.30. The van der Waals surface area contributed by atoms with Gasteiger partial charge in [-0.1, -0.05) is 13.3 Å². The van der Waals surface area contributed by atoms with Crippen molar-refractivity contribution in [1.82, 2.24) is 0 Å². The van der Waals surface area contributed by atoms with Crippen molar-refractivity contribution in [2.45, 2.75) is 33.6 Å². The van der Waals surface area contributed by atoms with E-state index >= 15 is 0 Å². The van der Waals surface area contributed by atoms with Gasteiger partial charge >= 0.3 is 5.97 Å². The molecule has 5 nitrogen and oxygen atoms in total. The zero-order valence-corrected chi connectivity index (χ0v) is 12.2. The molecule has 1 rings (SSSR count). The van der Waals surface area contributed by atoms with E-state index in [1.165, 1.54) is 6.07 Å². The predicted octanol–water partition coefficient (Wildman–Crippen LogP) is 2.54. The molecule has 19 heavy (non-hydrogen) atoms. The maximum absolute atomic E-state index is 11.8. The van der Waals surface area contributed by atoms with Crippen LogP contribution in [0, 0.1) is 13.8 Å². The molecule has 0 spiro atoms. The maximum atomic E-state index is 11.8. The molecule has 0 aliphatic carbocycles. The molecular weight excluding hydrogens is 266 g/mol. The van der Waals surface area contributed by atoms with Gasteiger partial charge in [-0.2, -0.15) is 0 Å². The normalized spacial score (nSPS) is 11.3. The topological polar surface area (TPSA) is 83.5 Å². The summed E-state index contributed by atoms with van der Waals surface area (Å²) in [4.78, 5) is 11.1. The molecule has 0 saturated heterocycles. The molecule has 0 bridgehead atoms. The zero-order chi connectivity index (χ0) is 14.6. The lowest BCUT2D eigenvalue weighted by atomic mass is 10.0. The van der Waals surface area contributed by atoms with Crippen LogP contribution in [0.5, 0.6) is 0 Å². The molecule has 1 aromatic carbocycles.